The second-order valence-corrected chi connectivity index (χ2v) is 7.46. The van der Waals surface area contributed by atoms with Crippen molar-refractivity contribution in [2.45, 2.75) is 30.8 Å². The van der Waals surface area contributed by atoms with Crippen molar-refractivity contribution < 1.29 is 17.9 Å². The zero-order valence-corrected chi connectivity index (χ0v) is 13.4. The first-order valence-electron chi connectivity index (χ1n) is 6.80. The number of methoxy groups -OCH3 is 1. The van der Waals surface area contributed by atoms with Crippen LogP contribution in [0, 0.1) is 0 Å². The van der Waals surface area contributed by atoms with Gasteiger partial charge in [0.25, 0.3) is 0 Å². The summed E-state index contributed by atoms with van der Waals surface area (Å²) in [5.74, 6) is 0.320. The van der Waals surface area contributed by atoms with E-state index >= 15 is 0 Å². The van der Waals surface area contributed by atoms with Gasteiger partial charge in [-0.1, -0.05) is 6.07 Å². The number of nitrogens with zero attached hydrogens (tertiary/aromatic N) is 1. The largest absolute Gasteiger partial charge is 0.495 e. The van der Waals surface area contributed by atoms with Gasteiger partial charge >= 0.3 is 0 Å². The zero-order valence-electron chi connectivity index (χ0n) is 12.6. The van der Waals surface area contributed by atoms with Gasteiger partial charge in [0.15, 0.2) is 0 Å². The Hall–Kier alpha value is -1.15. The third-order valence-corrected chi connectivity index (χ3v) is 5.75. The van der Waals surface area contributed by atoms with E-state index in [1.807, 2.05) is 13.8 Å². The molecule has 0 saturated carbocycles. The molecule has 1 aromatic rings. The molecule has 0 aromatic heterocycles. The lowest BCUT2D eigenvalue weighted by Gasteiger charge is -2.40. The van der Waals surface area contributed by atoms with Crippen LogP contribution in [-0.2, 0) is 21.3 Å². The predicted octanol–water partition coefficient (Wildman–Crippen LogP) is 0.953. The lowest BCUT2D eigenvalue weighted by atomic mass is 10.1. The highest BCUT2D eigenvalue weighted by molar-refractivity contribution is 7.89. The highest BCUT2D eigenvalue weighted by Crippen LogP contribution is 2.32. The smallest absolute Gasteiger partial charge is 0.247 e. The topological polar surface area (TPSA) is 81.9 Å². The molecule has 1 fully saturated rings. The van der Waals surface area contributed by atoms with E-state index in [0.717, 1.165) is 5.56 Å². The van der Waals surface area contributed by atoms with Crippen molar-refractivity contribution in [1.82, 2.24) is 4.31 Å². The summed E-state index contributed by atoms with van der Waals surface area (Å²) in [6.45, 7) is 5.13. The van der Waals surface area contributed by atoms with Crippen LogP contribution in [-0.4, -0.2) is 45.1 Å². The molecule has 0 amide bonds. The third kappa shape index (κ3) is 3.06. The molecule has 0 spiro atoms. The standard InChI is InChI=1S/C14H22N2O4S/c1-14(2)10-20-7-6-16(14)21(17,18)13-5-4-11(9-15)8-12(13)19-3/h4-5,8H,6-7,9-10,15H2,1-3H3. The lowest BCUT2D eigenvalue weighted by Crippen LogP contribution is -2.55. The second kappa shape index (κ2) is 5.92. The molecule has 1 aliphatic rings. The maximum atomic E-state index is 12.9. The predicted molar refractivity (Wildman–Crippen MR) is 79.7 cm³/mol. The molecule has 2 N–H and O–H groups in total. The summed E-state index contributed by atoms with van der Waals surface area (Å²) < 4.78 is 38.0. The molecule has 7 heteroatoms. The Balaban J connectivity index is 2.48. The van der Waals surface area contributed by atoms with Crippen LogP contribution in [0.25, 0.3) is 0 Å². The Kier molecular flexibility index (Phi) is 4.57. The average molecular weight is 314 g/mol. The maximum absolute atomic E-state index is 12.9. The molecule has 6 nitrogen and oxygen atoms in total. The van der Waals surface area contributed by atoms with E-state index < -0.39 is 15.6 Å². The molecular weight excluding hydrogens is 292 g/mol. The number of hydrogen-bond acceptors (Lipinski definition) is 5. The van der Waals surface area contributed by atoms with Crippen LogP contribution in [0.3, 0.4) is 0 Å². The van der Waals surface area contributed by atoms with E-state index in [-0.39, 0.29) is 4.90 Å². The fourth-order valence-electron chi connectivity index (χ4n) is 2.46. The Morgan fingerprint density at radius 2 is 2.14 bits per heavy atom. The number of sulfonamides is 1. The molecule has 21 heavy (non-hydrogen) atoms. The maximum Gasteiger partial charge on any atom is 0.247 e. The van der Waals surface area contributed by atoms with Crippen molar-refractivity contribution in [1.29, 1.82) is 0 Å². The van der Waals surface area contributed by atoms with E-state index in [2.05, 4.69) is 0 Å². The summed E-state index contributed by atoms with van der Waals surface area (Å²) in [6.07, 6.45) is 0. The van der Waals surface area contributed by atoms with Crippen LogP contribution in [0.5, 0.6) is 5.75 Å². The summed E-state index contributed by atoms with van der Waals surface area (Å²) in [7, 11) is -2.19. The summed E-state index contributed by atoms with van der Waals surface area (Å²) in [5.41, 5.74) is 5.82. The van der Waals surface area contributed by atoms with Crippen LogP contribution >= 0.6 is 0 Å². The molecular formula is C14H22N2O4S. The average Bonchev–Trinajstić information content (AvgIpc) is 2.45. The minimum absolute atomic E-state index is 0.164. The molecule has 1 heterocycles. The monoisotopic (exact) mass is 314 g/mol. The van der Waals surface area contributed by atoms with Crippen molar-refractivity contribution in [3.05, 3.63) is 23.8 Å². The Morgan fingerprint density at radius 1 is 1.43 bits per heavy atom. The van der Waals surface area contributed by atoms with E-state index in [1.165, 1.54) is 11.4 Å². The van der Waals surface area contributed by atoms with Crippen molar-refractivity contribution >= 4 is 10.0 Å². The molecule has 118 valence electrons. The number of rotatable bonds is 4. The van der Waals surface area contributed by atoms with Crippen LogP contribution in [0.2, 0.25) is 0 Å². The van der Waals surface area contributed by atoms with Gasteiger partial charge in [-0.25, -0.2) is 8.42 Å². The van der Waals surface area contributed by atoms with Gasteiger partial charge in [-0.2, -0.15) is 4.31 Å². The van der Waals surface area contributed by atoms with Gasteiger partial charge in [0, 0.05) is 13.1 Å². The normalized spacial score (nSPS) is 19.4. The van der Waals surface area contributed by atoms with Crippen LogP contribution in [0.4, 0.5) is 0 Å². The molecule has 0 atom stereocenters. The lowest BCUT2D eigenvalue weighted by molar-refractivity contribution is -0.00776. The summed E-state index contributed by atoms with van der Waals surface area (Å²) in [4.78, 5) is 0.164. The first-order chi connectivity index (χ1) is 9.82. The molecule has 1 aromatic carbocycles. The van der Waals surface area contributed by atoms with E-state index in [4.69, 9.17) is 15.2 Å². The number of ether oxygens (including phenoxy) is 2. The number of morpholine rings is 1. The third-order valence-electron chi connectivity index (χ3n) is 3.60. The molecule has 2 rings (SSSR count). The van der Waals surface area contributed by atoms with E-state index in [0.29, 0.717) is 32.1 Å². The quantitative estimate of drug-likeness (QED) is 0.895. The molecule has 0 radical (unpaired) electrons. The summed E-state index contributed by atoms with van der Waals surface area (Å²) in [6, 6.07) is 4.94. The van der Waals surface area contributed by atoms with Gasteiger partial charge in [-0.05, 0) is 31.5 Å². The fraction of sp³-hybridized carbons (Fsp3) is 0.571. The van der Waals surface area contributed by atoms with Crippen LogP contribution < -0.4 is 10.5 Å². The molecule has 0 bridgehead atoms. The Morgan fingerprint density at radius 3 is 2.71 bits per heavy atom. The van der Waals surface area contributed by atoms with Gasteiger partial charge in [-0.15, -0.1) is 0 Å². The number of hydrogen-bond donors (Lipinski definition) is 1. The SMILES string of the molecule is COc1cc(CN)ccc1S(=O)(=O)N1CCOCC1(C)C. The fourth-order valence-corrected chi connectivity index (χ4v) is 4.35. The molecule has 1 aliphatic heterocycles. The van der Waals surface area contributed by atoms with Crippen molar-refractivity contribution in [2.75, 3.05) is 26.9 Å². The molecule has 1 saturated heterocycles. The van der Waals surface area contributed by atoms with Gasteiger partial charge in [-0.3, -0.25) is 0 Å². The minimum atomic E-state index is -3.65. The number of benzene rings is 1. The zero-order chi connectivity index (χ0) is 15.7. The van der Waals surface area contributed by atoms with E-state index in [1.54, 1.807) is 18.2 Å². The summed E-state index contributed by atoms with van der Waals surface area (Å²) in [5, 5.41) is 0. The van der Waals surface area contributed by atoms with Crippen LogP contribution in [0.1, 0.15) is 19.4 Å². The molecule has 0 aliphatic carbocycles. The van der Waals surface area contributed by atoms with Gasteiger partial charge in [0.2, 0.25) is 10.0 Å². The Labute approximate surface area is 125 Å². The highest BCUT2D eigenvalue weighted by Gasteiger charge is 2.40. The highest BCUT2D eigenvalue weighted by atomic mass is 32.2. The minimum Gasteiger partial charge on any atom is -0.495 e. The first-order valence-corrected chi connectivity index (χ1v) is 8.24. The van der Waals surface area contributed by atoms with Crippen molar-refractivity contribution in [3.8, 4) is 5.75 Å². The van der Waals surface area contributed by atoms with Crippen molar-refractivity contribution in [2.24, 2.45) is 5.73 Å². The van der Waals surface area contributed by atoms with Gasteiger partial charge in [0.1, 0.15) is 10.6 Å². The van der Waals surface area contributed by atoms with Crippen molar-refractivity contribution in [3.63, 3.8) is 0 Å². The van der Waals surface area contributed by atoms with Gasteiger partial charge in [0.05, 0.1) is 25.9 Å². The second-order valence-electron chi connectivity index (χ2n) is 5.63. The first kappa shape index (κ1) is 16.2. The Bertz CT molecular complexity index is 613. The molecule has 0 unspecified atom stereocenters. The van der Waals surface area contributed by atoms with Gasteiger partial charge < -0.3 is 15.2 Å². The number of nitrogens with two attached hydrogens (primary N) is 1. The van der Waals surface area contributed by atoms with E-state index in [9.17, 15) is 8.42 Å². The van der Waals surface area contributed by atoms with Crippen LogP contribution in [0.15, 0.2) is 23.1 Å². The summed E-state index contributed by atoms with van der Waals surface area (Å²) >= 11 is 0.